The lowest BCUT2D eigenvalue weighted by Crippen LogP contribution is -2.34. The minimum absolute atomic E-state index is 0.142. The fourth-order valence-corrected chi connectivity index (χ4v) is 4.06. The molecule has 3 rings (SSSR count). The van der Waals surface area contributed by atoms with Gasteiger partial charge in [0.2, 0.25) is 5.91 Å². The molecule has 38 heavy (non-hydrogen) atoms. The van der Waals surface area contributed by atoms with Crippen molar-refractivity contribution in [3.8, 4) is 5.75 Å². The second-order valence-electron chi connectivity index (χ2n) is 9.40. The Bertz CT molecular complexity index is 1250. The Labute approximate surface area is 224 Å². The van der Waals surface area contributed by atoms with Gasteiger partial charge in [-0.3, -0.25) is 9.59 Å². The first-order valence-electron chi connectivity index (χ1n) is 13.4. The molecular formula is C31H37N3O4. The summed E-state index contributed by atoms with van der Waals surface area (Å²) in [6.07, 6.45) is 9.79. The number of esters is 1. The van der Waals surface area contributed by atoms with E-state index in [2.05, 4.69) is 22.8 Å². The zero-order valence-electron chi connectivity index (χ0n) is 22.3. The number of hydrogen-bond acceptors (Lipinski definition) is 5. The predicted octanol–water partition coefficient (Wildman–Crippen LogP) is 6.07. The molecule has 0 aliphatic rings. The summed E-state index contributed by atoms with van der Waals surface area (Å²) in [5.41, 5.74) is 4.49. The van der Waals surface area contributed by atoms with Crippen molar-refractivity contribution in [2.75, 3.05) is 6.54 Å². The molecule has 7 heteroatoms. The van der Waals surface area contributed by atoms with Crippen LogP contribution in [-0.2, 0) is 9.59 Å². The van der Waals surface area contributed by atoms with E-state index in [-0.39, 0.29) is 12.5 Å². The van der Waals surface area contributed by atoms with Crippen LogP contribution in [0.4, 0.5) is 0 Å². The number of unbranched alkanes of at least 4 members (excludes halogenated alkanes) is 6. The molecule has 2 amide bonds. The Hall–Kier alpha value is -4.00. The lowest BCUT2D eigenvalue weighted by atomic mass is 10.0. The van der Waals surface area contributed by atoms with Crippen molar-refractivity contribution in [1.29, 1.82) is 0 Å². The van der Waals surface area contributed by atoms with E-state index >= 15 is 0 Å². The van der Waals surface area contributed by atoms with Crippen LogP contribution >= 0.6 is 0 Å². The molecule has 0 fully saturated rings. The van der Waals surface area contributed by atoms with Crippen molar-refractivity contribution in [2.45, 2.75) is 65.2 Å². The lowest BCUT2D eigenvalue weighted by molar-refractivity contribution is -0.126. The number of nitrogens with one attached hydrogen (secondary N) is 2. The highest BCUT2D eigenvalue weighted by atomic mass is 16.5. The summed E-state index contributed by atoms with van der Waals surface area (Å²) in [7, 11) is 0. The Morgan fingerprint density at radius 1 is 0.842 bits per heavy atom. The van der Waals surface area contributed by atoms with Gasteiger partial charge < -0.3 is 10.1 Å². The summed E-state index contributed by atoms with van der Waals surface area (Å²) in [5.74, 6) is -0.734. The van der Waals surface area contributed by atoms with Gasteiger partial charge in [-0.2, -0.15) is 5.10 Å². The number of aryl methyl sites for hydroxylation is 1. The molecule has 0 aromatic heterocycles. The van der Waals surface area contributed by atoms with Gasteiger partial charge in [0.1, 0.15) is 5.75 Å². The number of rotatable bonds is 14. The number of hydrazone groups is 1. The van der Waals surface area contributed by atoms with Gasteiger partial charge in [0.15, 0.2) is 0 Å². The quantitative estimate of drug-likeness (QED) is 0.0895. The minimum Gasteiger partial charge on any atom is -0.422 e. The fraction of sp³-hybridized carbons (Fsp3) is 0.355. The number of benzene rings is 3. The first-order valence-corrected chi connectivity index (χ1v) is 13.4. The van der Waals surface area contributed by atoms with Gasteiger partial charge in [-0.05, 0) is 42.3 Å². The maximum atomic E-state index is 12.7. The number of fused-ring (bicyclic) bond motifs is 1. The second-order valence-corrected chi connectivity index (χ2v) is 9.40. The first kappa shape index (κ1) is 28.6. The third-order valence-corrected chi connectivity index (χ3v) is 6.26. The van der Waals surface area contributed by atoms with Crippen LogP contribution in [-0.4, -0.2) is 30.5 Å². The summed E-state index contributed by atoms with van der Waals surface area (Å²) < 4.78 is 5.69. The van der Waals surface area contributed by atoms with E-state index in [9.17, 15) is 14.4 Å². The topological polar surface area (TPSA) is 96.9 Å². The second kappa shape index (κ2) is 15.3. The molecule has 0 heterocycles. The summed E-state index contributed by atoms with van der Waals surface area (Å²) >= 11 is 0. The number of amides is 2. The summed E-state index contributed by atoms with van der Waals surface area (Å²) in [6, 6.07) is 18.3. The van der Waals surface area contributed by atoms with Gasteiger partial charge in [-0.25, -0.2) is 10.2 Å². The van der Waals surface area contributed by atoms with Crippen LogP contribution < -0.4 is 15.5 Å². The normalized spacial score (nSPS) is 11.0. The standard InChI is InChI=1S/C31H37N3O4/c1-3-4-5-6-7-8-9-14-29(35)32-22-30(36)34-33-21-27-26-13-11-10-12-24(26)19-20-28(27)38-31(37)25-17-15-23(2)16-18-25/h10-13,15-21H,3-9,14,22H2,1-2H3,(H,32,35)(H,34,36)/b33-21-. The number of carbonyl (C=O) groups excluding carboxylic acids is 3. The van der Waals surface area contributed by atoms with Crippen LogP contribution in [0, 0.1) is 6.92 Å². The summed E-state index contributed by atoms with van der Waals surface area (Å²) in [5, 5.41) is 8.46. The van der Waals surface area contributed by atoms with Crippen LogP contribution in [0.15, 0.2) is 65.8 Å². The molecule has 0 saturated carbocycles. The molecule has 200 valence electrons. The average molecular weight is 516 g/mol. The first-order chi connectivity index (χ1) is 18.5. The Morgan fingerprint density at radius 3 is 2.32 bits per heavy atom. The molecular weight excluding hydrogens is 478 g/mol. The number of nitrogens with zero attached hydrogens (tertiary/aromatic N) is 1. The highest BCUT2D eigenvalue weighted by Gasteiger charge is 2.14. The maximum Gasteiger partial charge on any atom is 0.343 e. The zero-order chi connectivity index (χ0) is 27.2. The monoisotopic (exact) mass is 515 g/mol. The third kappa shape index (κ3) is 9.14. The SMILES string of the molecule is CCCCCCCCCC(=O)NCC(=O)N/N=C\c1c(OC(=O)c2ccc(C)cc2)ccc2ccccc12. The Balaban J connectivity index is 1.55. The molecule has 0 unspecified atom stereocenters. The van der Waals surface area contributed by atoms with E-state index in [0.29, 0.717) is 23.3 Å². The minimum atomic E-state index is -0.484. The van der Waals surface area contributed by atoms with Crippen molar-refractivity contribution < 1.29 is 19.1 Å². The molecule has 0 atom stereocenters. The van der Waals surface area contributed by atoms with Gasteiger partial charge in [0.25, 0.3) is 5.91 Å². The van der Waals surface area contributed by atoms with Crippen LogP contribution in [0.3, 0.4) is 0 Å². The van der Waals surface area contributed by atoms with E-state index in [4.69, 9.17) is 4.74 Å². The molecule has 0 spiro atoms. The number of ether oxygens (including phenoxy) is 1. The molecule has 0 saturated heterocycles. The van der Waals surface area contributed by atoms with Crippen molar-refractivity contribution >= 4 is 34.8 Å². The average Bonchev–Trinajstić information content (AvgIpc) is 2.92. The third-order valence-electron chi connectivity index (χ3n) is 6.26. The number of hydrogen-bond donors (Lipinski definition) is 2. The number of carbonyl (C=O) groups is 3. The van der Waals surface area contributed by atoms with Crippen molar-refractivity contribution in [3.63, 3.8) is 0 Å². The van der Waals surface area contributed by atoms with Crippen molar-refractivity contribution in [2.24, 2.45) is 5.10 Å². The molecule has 3 aromatic carbocycles. The van der Waals surface area contributed by atoms with Crippen LogP contribution in [0.25, 0.3) is 10.8 Å². The van der Waals surface area contributed by atoms with Gasteiger partial charge in [0.05, 0.1) is 18.3 Å². The fourth-order valence-electron chi connectivity index (χ4n) is 4.06. The summed E-state index contributed by atoms with van der Waals surface area (Å²) in [6.45, 7) is 3.98. The van der Waals surface area contributed by atoms with E-state index in [1.54, 1.807) is 18.2 Å². The lowest BCUT2D eigenvalue weighted by Gasteiger charge is -2.11. The maximum absolute atomic E-state index is 12.7. The van der Waals surface area contributed by atoms with Gasteiger partial charge in [-0.15, -0.1) is 0 Å². The molecule has 3 aromatic rings. The van der Waals surface area contributed by atoms with Crippen LogP contribution in [0.5, 0.6) is 5.75 Å². The van der Waals surface area contributed by atoms with E-state index < -0.39 is 11.9 Å². The van der Waals surface area contributed by atoms with E-state index in [1.165, 1.54) is 31.9 Å². The summed E-state index contributed by atoms with van der Waals surface area (Å²) in [4.78, 5) is 37.0. The molecule has 2 N–H and O–H groups in total. The van der Waals surface area contributed by atoms with E-state index in [1.807, 2.05) is 49.4 Å². The van der Waals surface area contributed by atoms with Crippen LogP contribution in [0.2, 0.25) is 0 Å². The smallest absolute Gasteiger partial charge is 0.343 e. The Kier molecular flexibility index (Phi) is 11.5. The van der Waals surface area contributed by atoms with E-state index in [0.717, 1.165) is 35.6 Å². The molecule has 0 aliphatic carbocycles. The zero-order valence-corrected chi connectivity index (χ0v) is 22.3. The van der Waals surface area contributed by atoms with Crippen molar-refractivity contribution in [1.82, 2.24) is 10.7 Å². The van der Waals surface area contributed by atoms with Crippen LogP contribution in [0.1, 0.15) is 79.8 Å². The molecule has 0 aliphatic heterocycles. The van der Waals surface area contributed by atoms with Gasteiger partial charge in [0, 0.05) is 12.0 Å². The molecule has 0 bridgehead atoms. The highest BCUT2D eigenvalue weighted by Crippen LogP contribution is 2.27. The van der Waals surface area contributed by atoms with Gasteiger partial charge in [-0.1, -0.05) is 93.5 Å². The molecule has 7 nitrogen and oxygen atoms in total. The molecule has 0 radical (unpaired) electrons. The Morgan fingerprint density at radius 2 is 1.55 bits per heavy atom. The highest BCUT2D eigenvalue weighted by molar-refractivity contribution is 6.04. The largest absolute Gasteiger partial charge is 0.422 e. The van der Waals surface area contributed by atoms with Gasteiger partial charge >= 0.3 is 5.97 Å². The predicted molar refractivity (Wildman–Crippen MR) is 151 cm³/mol. The van der Waals surface area contributed by atoms with Crippen molar-refractivity contribution in [3.05, 3.63) is 77.4 Å².